The predicted octanol–water partition coefficient (Wildman–Crippen LogP) is -0.193. The monoisotopic (exact) mass is 125 g/mol. The maximum absolute atomic E-state index is 7.06. The highest BCUT2D eigenvalue weighted by atomic mass is 35.5. The van der Waals surface area contributed by atoms with Crippen molar-refractivity contribution in [1.29, 1.82) is 1.43 Å². The van der Waals surface area contributed by atoms with E-state index in [1.54, 1.807) is 0 Å². The molecule has 0 atom stereocenters. The van der Waals surface area contributed by atoms with E-state index in [9.17, 15) is 0 Å². The van der Waals surface area contributed by atoms with Crippen molar-refractivity contribution < 1.29 is 6.52 Å². The molecule has 2 nitrogen and oxygen atoms in total. The molecular formula is C4H10ClNO. The molecule has 2 N–H and O–H groups in total. The maximum atomic E-state index is 7.06. The lowest BCUT2D eigenvalue weighted by Gasteiger charge is -1.94. The molecule has 0 aromatic heterocycles. The number of nitrogens with one attached hydrogen (secondary N) is 1. The van der Waals surface area contributed by atoms with E-state index >= 15 is 0 Å². The fourth-order valence-electron chi connectivity index (χ4n) is 0.236. The SMILES string of the molecule is [2H]OCCN([2H])CCCl. The Hall–Kier alpha value is 0.210. The van der Waals surface area contributed by atoms with Crippen molar-refractivity contribution >= 4 is 11.6 Å². The van der Waals surface area contributed by atoms with E-state index in [-0.39, 0.29) is 6.61 Å². The first-order valence-corrected chi connectivity index (χ1v) is 2.72. The Balaban J connectivity index is 2.95. The van der Waals surface area contributed by atoms with E-state index in [4.69, 9.17) is 14.4 Å². The summed E-state index contributed by atoms with van der Waals surface area (Å²) >= 11 is 5.33. The average molecular weight is 126 g/mol. The fraction of sp³-hybridized carbons (Fsp3) is 1.00. The largest absolute Gasteiger partial charge is 0.395 e. The number of rotatable bonds is 5. The van der Waals surface area contributed by atoms with Crippen LogP contribution >= 0.6 is 11.6 Å². The van der Waals surface area contributed by atoms with Gasteiger partial charge in [0.2, 0.25) is 1.43 Å². The molecule has 7 heavy (non-hydrogen) atoms. The minimum absolute atomic E-state index is 0.264. The third-order valence-corrected chi connectivity index (χ3v) is 0.661. The second-order valence-corrected chi connectivity index (χ2v) is 1.44. The van der Waals surface area contributed by atoms with Crippen LogP contribution in [-0.4, -0.2) is 32.1 Å². The van der Waals surface area contributed by atoms with Gasteiger partial charge in [-0.15, -0.1) is 11.6 Å². The van der Waals surface area contributed by atoms with Crippen molar-refractivity contribution in [2.24, 2.45) is 0 Å². The molecule has 0 saturated carbocycles. The Labute approximate surface area is 51.4 Å². The minimum Gasteiger partial charge on any atom is -0.395 e. The standard InChI is InChI=1S/C4H10ClNO/c5-1-2-6-3-4-7/h6-7H,1-4H2/i7D/hD. The summed E-state index contributed by atoms with van der Waals surface area (Å²) in [7, 11) is 0. The molecule has 0 aliphatic carbocycles. The van der Waals surface area contributed by atoms with Crippen molar-refractivity contribution in [3.63, 3.8) is 0 Å². The van der Waals surface area contributed by atoms with Crippen LogP contribution in [0.2, 0.25) is 1.41 Å². The van der Waals surface area contributed by atoms with Gasteiger partial charge in [-0.3, -0.25) is 0 Å². The average Bonchev–Trinajstić information content (AvgIpc) is 1.85. The van der Waals surface area contributed by atoms with Gasteiger partial charge in [-0.05, 0) is 0 Å². The van der Waals surface area contributed by atoms with Crippen LogP contribution in [0.25, 0.3) is 0 Å². The molecule has 0 unspecified atom stereocenters. The van der Waals surface area contributed by atoms with Crippen LogP contribution in [0, 0.1) is 0 Å². The molecule has 0 radical (unpaired) electrons. The van der Waals surface area contributed by atoms with Gasteiger partial charge in [0.15, 0.2) is 0 Å². The number of halogens is 1. The number of aliphatic hydroxyl groups excluding tert-OH is 1. The molecular weight excluding hydrogens is 114 g/mol. The summed E-state index contributed by atoms with van der Waals surface area (Å²) in [4.78, 5) is 0. The highest BCUT2D eigenvalue weighted by Gasteiger charge is 1.78. The van der Waals surface area contributed by atoms with Crippen LogP contribution in [0.5, 0.6) is 0 Å². The number of alkyl halides is 1. The molecule has 0 bridgehead atoms. The van der Waals surface area contributed by atoms with E-state index in [0.29, 0.717) is 19.0 Å². The van der Waals surface area contributed by atoms with E-state index in [1.165, 1.54) is 5.31 Å². The van der Waals surface area contributed by atoms with Gasteiger partial charge in [-0.1, -0.05) is 0 Å². The fourth-order valence-corrected chi connectivity index (χ4v) is 0.356. The van der Waals surface area contributed by atoms with Crippen molar-refractivity contribution in [2.75, 3.05) is 25.6 Å². The van der Waals surface area contributed by atoms with Gasteiger partial charge in [0.1, 0.15) is 1.41 Å². The normalized spacial score (nSPS) is 14.0. The Morgan fingerprint density at radius 3 is 3.29 bits per heavy atom. The van der Waals surface area contributed by atoms with Gasteiger partial charge in [0.05, 0.1) is 6.61 Å². The van der Waals surface area contributed by atoms with E-state index in [2.05, 4.69) is 5.11 Å². The lowest BCUT2D eigenvalue weighted by Crippen LogP contribution is -2.19. The number of hydrogen-bond donors (Lipinski definition) is 2. The highest BCUT2D eigenvalue weighted by Crippen LogP contribution is 1.67. The lowest BCUT2D eigenvalue weighted by atomic mass is 10.6. The van der Waals surface area contributed by atoms with Gasteiger partial charge < -0.3 is 10.4 Å². The smallest absolute Gasteiger partial charge is 0.210 e. The first kappa shape index (κ1) is 4.13. The zero-order valence-corrected chi connectivity index (χ0v) is 4.82. The second-order valence-electron chi connectivity index (χ2n) is 1.06. The van der Waals surface area contributed by atoms with Gasteiger partial charge in [0.25, 0.3) is 0 Å². The van der Waals surface area contributed by atoms with Crippen LogP contribution in [0.3, 0.4) is 0 Å². The van der Waals surface area contributed by atoms with Crippen LogP contribution in [0.1, 0.15) is 0 Å². The molecule has 0 rings (SSSR count). The predicted molar refractivity (Wildman–Crippen MR) is 30.7 cm³/mol. The molecule has 0 aliphatic rings. The summed E-state index contributed by atoms with van der Waals surface area (Å²) in [5.74, 6) is 0.446. The molecule has 44 valence electrons. The lowest BCUT2D eigenvalue weighted by molar-refractivity contribution is 0.294. The highest BCUT2D eigenvalue weighted by molar-refractivity contribution is 6.18. The molecule has 0 aromatic carbocycles. The van der Waals surface area contributed by atoms with E-state index < -0.39 is 0 Å². The summed E-state index contributed by atoms with van der Waals surface area (Å²) < 4.78 is 13.3. The van der Waals surface area contributed by atoms with Crippen molar-refractivity contribution in [2.45, 2.75) is 0 Å². The molecule has 0 aromatic rings. The molecule has 0 saturated heterocycles. The topological polar surface area (TPSA) is 32.3 Å². The first-order chi connectivity index (χ1) is 4.31. The molecule has 0 fully saturated rings. The third-order valence-electron chi connectivity index (χ3n) is 0.492. The molecule has 3 heteroatoms. The summed E-state index contributed by atoms with van der Waals surface area (Å²) in [6.07, 6.45) is 0. The van der Waals surface area contributed by atoms with Crippen molar-refractivity contribution in [3.8, 4) is 0 Å². The Bertz CT molecular complexity index is 66.5. The Kier molecular flexibility index (Phi) is 3.66. The summed E-state index contributed by atoms with van der Waals surface area (Å²) in [5.41, 5.74) is 0. The van der Waals surface area contributed by atoms with E-state index in [0.717, 1.165) is 0 Å². The molecule has 0 aliphatic heterocycles. The Morgan fingerprint density at radius 1 is 1.86 bits per heavy atom. The Morgan fingerprint density at radius 2 is 2.71 bits per heavy atom. The van der Waals surface area contributed by atoms with Gasteiger partial charge in [-0.25, -0.2) is 0 Å². The zero-order chi connectivity index (χ0) is 7.11. The molecule has 0 heterocycles. The number of hydrogen-bond acceptors (Lipinski definition) is 2. The summed E-state index contributed by atoms with van der Waals surface area (Å²) in [6.45, 7) is 1.22. The minimum atomic E-state index is 0.264. The van der Waals surface area contributed by atoms with Gasteiger partial charge in [0, 0.05) is 19.0 Å². The van der Waals surface area contributed by atoms with Gasteiger partial charge in [-0.2, -0.15) is 0 Å². The molecule has 0 amide bonds. The van der Waals surface area contributed by atoms with Crippen LogP contribution < -0.4 is 5.31 Å². The van der Waals surface area contributed by atoms with Gasteiger partial charge >= 0.3 is 0 Å². The van der Waals surface area contributed by atoms with Crippen LogP contribution in [0.4, 0.5) is 0 Å². The van der Waals surface area contributed by atoms with Crippen LogP contribution in [-0.2, 0) is 0 Å². The summed E-state index contributed by atoms with van der Waals surface area (Å²) in [6, 6.07) is 0. The van der Waals surface area contributed by atoms with Crippen molar-refractivity contribution in [1.82, 2.24) is 5.31 Å². The first-order valence-electron chi connectivity index (χ1n) is 3.04. The van der Waals surface area contributed by atoms with E-state index in [1.807, 2.05) is 0 Å². The molecule has 0 spiro atoms. The summed E-state index contributed by atoms with van der Waals surface area (Å²) in [5, 5.41) is 5.27. The third kappa shape index (κ3) is 6.21. The maximum Gasteiger partial charge on any atom is 0.210 e. The zero-order valence-electron chi connectivity index (χ0n) is 6.06. The van der Waals surface area contributed by atoms with Crippen molar-refractivity contribution in [3.05, 3.63) is 0 Å². The quantitative estimate of drug-likeness (QED) is 0.499. The number of aliphatic hydroxyl groups is 1. The second kappa shape index (κ2) is 6.21. The van der Waals surface area contributed by atoms with Crippen LogP contribution in [0.15, 0.2) is 0 Å².